The molecule has 1 aromatic carbocycles. The van der Waals surface area contributed by atoms with Crippen molar-refractivity contribution in [2.24, 2.45) is 5.92 Å². The number of hydrogen-bond donors (Lipinski definition) is 0. The van der Waals surface area contributed by atoms with Crippen LogP contribution in [0.5, 0.6) is 5.75 Å². The van der Waals surface area contributed by atoms with E-state index in [4.69, 9.17) is 4.74 Å². The Morgan fingerprint density at radius 1 is 1.41 bits per heavy atom. The first-order chi connectivity index (χ1) is 8.29. The lowest BCUT2D eigenvalue weighted by molar-refractivity contribution is 0.161. The molecule has 1 unspecified atom stereocenters. The quantitative estimate of drug-likeness (QED) is 0.801. The Morgan fingerprint density at radius 3 is 2.88 bits per heavy atom. The Labute approximate surface area is 102 Å². The highest BCUT2D eigenvalue weighted by molar-refractivity contribution is 5.70. The summed E-state index contributed by atoms with van der Waals surface area (Å²) in [5.74, 6) is 1.28. The molecule has 0 aliphatic carbocycles. The van der Waals surface area contributed by atoms with Crippen molar-refractivity contribution in [1.29, 1.82) is 0 Å². The number of rotatable bonds is 3. The van der Waals surface area contributed by atoms with Gasteiger partial charge in [0.25, 0.3) is 0 Å². The molecule has 1 aromatic rings. The Hall–Kier alpha value is -1.51. The van der Waals surface area contributed by atoms with Crippen molar-refractivity contribution < 1.29 is 9.53 Å². The summed E-state index contributed by atoms with van der Waals surface area (Å²) in [5.41, 5.74) is 0. The maximum Gasteiger partial charge on any atom is 0.415 e. The molecule has 0 aromatic heterocycles. The van der Waals surface area contributed by atoms with Gasteiger partial charge in [-0.05, 0) is 30.9 Å². The zero-order valence-corrected chi connectivity index (χ0v) is 10.3. The van der Waals surface area contributed by atoms with E-state index in [1.165, 1.54) is 12.8 Å². The summed E-state index contributed by atoms with van der Waals surface area (Å²) < 4.78 is 5.31. The molecule has 1 aliphatic rings. The molecule has 3 heteroatoms. The standard InChI is InChI=1S/C14H19NO2/c1-2-6-12-9-10-15(11-12)14(16)17-13-7-4-3-5-8-13/h3-5,7-8,12H,2,6,9-11H2,1H3. The van der Waals surface area contributed by atoms with E-state index in [-0.39, 0.29) is 6.09 Å². The molecular formula is C14H19NO2. The van der Waals surface area contributed by atoms with Crippen LogP contribution in [-0.4, -0.2) is 24.1 Å². The van der Waals surface area contributed by atoms with Gasteiger partial charge in [-0.1, -0.05) is 31.5 Å². The summed E-state index contributed by atoms with van der Waals surface area (Å²) in [7, 11) is 0. The van der Waals surface area contributed by atoms with Crippen molar-refractivity contribution in [3.63, 3.8) is 0 Å². The minimum atomic E-state index is -0.213. The van der Waals surface area contributed by atoms with E-state index in [1.807, 2.05) is 23.1 Å². The van der Waals surface area contributed by atoms with E-state index in [2.05, 4.69) is 6.92 Å². The van der Waals surface area contributed by atoms with Gasteiger partial charge in [0.2, 0.25) is 0 Å². The van der Waals surface area contributed by atoms with E-state index < -0.39 is 0 Å². The number of carbonyl (C=O) groups excluding carboxylic acids is 1. The first kappa shape index (κ1) is 12.0. The molecule has 0 saturated carbocycles. The van der Waals surface area contributed by atoms with Crippen molar-refractivity contribution in [1.82, 2.24) is 4.90 Å². The van der Waals surface area contributed by atoms with Crippen LogP contribution in [0.15, 0.2) is 30.3 Å². The maximum absolute atomic E-state index is 11.9. The van der Waals surface area contributed by atoms with E-state index in [0.29, 0.717) is 11.7 Å². The van der Waals surface area contributed by atoms with Gasteiger partial charge in [0.15, 0.2) is 0 Å². The normalized spacial score (nSPS) is 19.4. The lowest BCUT2D eigenvalue weighted by Gasteiger charge is -2.15. The number of benzene rings is 1. The Bertz CT molecular complexity index is 364. The van der Waals surface area contributed by atoms with Gasteiger partial charge in [0, 0.05) is 13.1 Å². The highest BCUT2D eigenvalue weighted by atomic mass is 16.6. The van der Waals surface area contributed by atoms with E-state index >= 15 is 0 Å². The third-order valence-electron chi connectivity index (χ3n) is 3.19. The van der Waals surface area contributed by atoms with Crippen LogP contribution in [0.1, 0.15) is 26.2 Å². The van der Waals surface area contributed by atoms with Gasteiger partial charge in [0.05, 0.1) is 0 Å². The van der Waals surface area contributed by atoms with Crippen LogP contribution >= 0.6 is 0 Å². The number of likely N-dealkylation sites (tertiary alicyclic amines) is 1. The monoisotopic (exact) mass is 233 g/mol. The number of carbonyl (C=O) groups is 1. The SMILES string of the molecule is CCCC1CCN(C(=O)Oc2ccccc2)C1. The number of hydrogen-bond acceptors (Lipinski definition) is 2. The molecule has 0 bridgehead atoms. The van der Waals surface area contributed by atoms with Gasteiger partial charge in [-0.2, -0.15) is 0 Å². The van der Waals surface area contributed by atoms with Gasteiger partial charge < -0.3 is 9.64 Å². The van der Waals surface area contributed by atoms with Gasteiger partial charge in [0.1, 0.15) is 5.75 Å². The molecule has 92 valence electrons. The second-order valence-corrected chi connectivity index (χ2v) is 4.57. The number of ether oxygens (including phenoxy) is 1. The maximum atomic E-state index is 11.9. The molecule has 1 atom stereocenters. The zero-order chi connectivity index (χ0) is 12.1. The molecule has 1 aliphatic heterocycles. The van der Waals surface area contributed by atoms with Gasteiger partial charge in [-0.3, -0.25) is 0 Å². The van der Waals surface area contributed by atoms with Gasteiger partial charge in [-0.25, -0.2) is 4.79 Å². The molecule has 0 radical (unpaired) electrons. The first-order valence-corrected chi connectivity index (χ1v) is 6.31. The minimum Gasteiger partial charge on any atom is -0.410 e. The van der Waals surface area contributed by atoms with Crippen LogP contribution in [0.25, 0.3) is 0 Å². The Kier molecular flexibility index (Phi) is 4.02. The van der Waals surface area contributed by atoms with E-state index in [9.17, 15) is 4.79 Å². The predicted octanol–water partition coefficient (Wildman–Crippen LogP) is 3.31. The van der Waals surface area contributed by atoms with Gasteiger partial charge >= 0.3 is 6.09 Å². The third kappa shape index (κ3) is 3.22. The van der Waals surface area contributed by atoms with E-state index in [1.54, 1.807) is 12.1 Å². The molecule has 1 fully saturated rings. The van der Waals surface area contributed by atoms with Crippen LogP contribution in [0.2, 0.25) is 0 Å². The Balaban J connectivity index is 1.85. The average molecular weight is 233 g/mol. The molecule has 1 amide bonds. The lowest BCUT2D eigenvalue weighted by atomic mass is 10.0. The fraction of sp³-hybridized carbons (Fsp3) is 0.500. The van der Waals surface area contributed by atoms with Gasteiger partial charge in [-0.15, -0.1) is 0 Å². The fourth-order valence-electron chi connectivity index (χ4n) is 2.30. The molecule has 2 rings (SSSR count). The summed E-state index contributed by atoms with van der Waals surface area (Å²) in [4.78, 5) is 13.7. The fourth-order valence-corrected chi connectivity index (χ4v) is 2.30. The van der Waals surface area contributed by atoms with Crippen LogP contribution < -0.4 is 4.74 Å². The minimum absolute atomic E-state index is 0.213. The summed E-state index contributed by atoms with van der Waals surface area (Å²) in [6, 6.07) is 9.25. The van der Waals surface area contributed by atoms with Crippen molar-refractivity contribution >= 4 is 6.09 Å². The summed E-state index contributed by atoms with van der Waals surface area (Å²) in [5, 5.41) is 0. The summed E-state index contributed by atoms with van der Waals surface area (Å²) >= 11 is 0. The van der Waals surface area contributed by atoms with Crippen molar-refractivity contribution in [3.05, 3.63) is 30.3 Å². The highest BCUT2D eigenvalue weighted by Crippen LogP contribution is 2.22. The highest BCUT2D eigenvalue weighted by Gasteiger charge is 2.26. The predicted molar refractivity (Wildman–Crippen MR) is 67.1 cm³/mol. The molecule has 3 nitrogen and oxygen atoms in total. The van der Waals surface area contributed by atoms with Crippen molar-refractivity contribution in [2.45, 2.75) is 26.2 Å². The average Bonchev–Trinajstić information content (AvgIpc) is 2.79. The third-order valence-corrected chi connectivity index (χ3v) is 3.19. The van der Waals surface area contributed by atoms with Crippen LogP contribution in [-0.2, 0) is 0 Å². The molecule has 0 spiro atoms. The molecular weight excluding hydrogens is 214 g/mol. The van der Waals surface area contributed by atoms with Crippen LogP contribution in [0, 0.1) is 5.92 Å². The topological polar surface area (TPSA) is 29.5 Å². The number of nitrogens with zero attached hydrogens (tertiary/aromatic N) is 1. The Morgan fingerprint density at radius 2 is 2.18 bits per heavy atom. The smallest absolute Gasteiger partial charge is 0.410 e. The zero-order valence-electron chi connectivity index (χ0n) is 10.3. The largest absolute Gasteiger partial charge is 0.415 e. The molecule has 1 heterocycles. The summed E-state index contributed by atoms with van der Waals surface area (Å²) in [6.07, 6.45) is 3.29. The van der Waals surface area contributed by atoms with Crippen LogP contribution in [0.3, 0.4) is 0 Å². The molecule has 17 heavy (non-hydrogen) atoms. The summed E-state index contributed by atoms with van der Waals surface area (Å²) in [6.45, 7) is 3.86. The first-order valence-electron chi connectivity index (χ1n) is 6.31. The number of amides is 1. The molecule has 1 saturated heterocycles. The van der Waals surface area contributed by atoms with E-state index in [0.717, 1.165) is 19.5 Å². The van der Waals surface area contributed by atoms with Crippen molar-refractivity contribution in [3.8, 4) is 5.75 Å². The molecule has 0 N–H and O–H groups in total. The van der Waals surface area contributed by atoms with Crippen LogP contribution in [0.4, 0.5) is 4.79 Å². The number of para-hydroxylation sites is 1. The van der Waals surface area contributed by atoms with Crippen molar-refractivity contribution in [2.75, 3.05) is 13.1 Å². The second-order valence-electron chi connectivity index (χ2n) is 4.57. The lowest BCUT2D eigenvalue weighted by Crippen LogP contribution is -2.31. The second kappa shape index (κ2) is 5.71.